The van der Waals surface area contributed by atoms with Gasteiger partial charge < -0.3 is 21.1 Å². The summed E-state index contributed by atoms with van der Waals surface area (Å²) < 4.78 is 5.17. The Hall–Kier alpha value is -3.02. The fourth-order valence-corrected chi connectivity index (χ4v) is 2.33. The first kappa shape index (κ1) is 17.3. The van der Waals surface area contributed by atoms with Gasteiger partial charge in [0.2, 0.25) is 5.91 Å². The van der Waals surface area contributed by atoms with Crippen LogP contribution < -0.4 is 21.1 Å². The second-order valence-electron chi connectivity index (χ2n) is 5.23. The summed E-state index contributed by atoms with van der Waals surface area (Å²) in [6.07, 6.45) is 0.155. The third kappa shape index (κ3) is 5.01. The molecule has 1 atom stereocenters. The molecule has 0 bridgehead atoms. The van der Waals surface area contributed by atoms with Crippen molar-refractivity contribution in [3.05, 3.63) is 65.7 Å². The Morgan fingerprint density at radius 2 is 1.67 bits per heavy atom. The zero-order valence-electron chi connectivity index (χ0n) is 13.5. The number of carbonyl (C=O) groups excluding carboxylic acids is 2. The van der Waals surface area contributed by atoms with Crippen LogP contribution in [0.3, 0.4) is 0 Å². The van der Waals surface area contributed by atoms with Crippen molar-refractivity contribution >= 4 is 11.9 Å². The highest BCUT2D eigenvalue weighted by Crippen LogP contribution is 2.24. The van der Waals surface area contributed by atoms with E-state index < -0.39 is 6.03 Å². The maximum Gasteiger partial charge on any atom is 0.312 e. The van der Waals surface area contributed by atoms with Gasteiger partial charge in [0.15, 0.2) is 0 Å². The highest BCUT2D eigenvalue weighted by molar-refractivity contribution is 5.78. The molecule has 0 saturated heterocycles. The van der Waals surface area contributed by atoms with E-state index in [-0.39, 0.29) is 24.9 Å². The Morgan fingerprint density at radius 1 is 1.04 bits per heavy atom. The number of rotatable bonds is 7. The monoisotopic (exact) mass is 327 g/mol. The van der Waals surface area contributed by atoms with Gasteiger partial charge in [-0.1, -0.05) is 42.5 Å². The molecule has 3 amide bonds. The van der Waals surface area contributed by atoms with E-state index in [2.05, 4.69) is 10.6 Å². The molecule has 6 nitrogen and oxygen atoms in total. The molecule has 24 heavy (non-hydrogen) atoms. The SMILES string of the molecule is COc1ccc([C@H](NC(=O)CCNC(N)=O)c2ccccc2)cc1. The quantitative estimate of drug-likeness (QED) is 0.725. The number of benzene rings is 2. The fourth-order valence-electron chi connectivity index (χ4n) is 2.33. The van der Waals surface area contributed by atoms with Gasteiger partial charge in [-0.2, -0.15) is 0 Å². The van der Waals surface area contributed by atoms with E-state index in [1.807, 2.05) is 54.6 Å². The zero-order valence-corrected chi connectivity index (χ0v) is 13.5. The van der Waals surface area contributed by atoms with Crippen molar-refractivity contribution in [2.24, 2.45) is 5.73 Å². The molecule has 0 unspecified atom stereocenters. The fraction of sp³-hybridized carbons (Fsp3) is 0.222. The minimum absolute atomic E-state index is 0.155. The summed E-state index contributed by atoms with van der Waals surface area (Å²) in [6.45, 7) is 0.200. The van der Waals surface area contributed by atoms with Crippen LogP contribution in [0.4, 0.5) is 4.79 Å². The van der Waals surface area contributed by atoms with Gasteiger partial charge in [-0.05, 0) is 23.3 Å². The molecule has 4 N–H and O–H groups in total. The molecule has 2 aromatic rings. The molecule has 0 aliphatic heterocycles. The summed E-state index contributed by atoms with van der Waals surface area (Å²) in [4.78, 5) is 22.9. The van der Waals surface area contributed by atoms with E-state index in [1.165, 1.54) is 0 Å². The van der Waals surface area contributed by atoms with Gasteiger partial charge in [-0.3, -0.25) is 4.79 Å². The van der Waals surface area contributed by atoms with Crippen LogP contribution in [0.1, 0.15) is 23.6 Å². The zero-order chi connectivity index (χ0) is 17.4. The molecule has 0 spiro atoms. The number of amides is 3. The van der Waals surface area contributed by atoms with Gasteiger partial charge in [-0.15, -0.1) is 0 Å². The minimum atomic E-state index is -0.641. The van der Waals surface area contributed by atoms with Crippen LogP contribution in [0.5, 0.6) is 5.75 Å². The van der Waals surface area contributed by atoms with Crippen molar-refractivity contribution in [1.29, 1.82) is 0 Å². The van der Waals surface area contributed by atoms with Crippen molar-refractivity contribution < 1.29 is 14.3 Å². The highest BCUT2D eigenvalue weighted by Gasteiger charge is 2.16. The average molecular weight is 327 g/mol. The summed E-state index contributed by atoms with van der Waals surface area (Å²) in [5, 5.41) is 5.39. The first-order valence-electron chi connectivity index (χ1n) is 7.61. The maximum absolute atomic E-state index is 12.2. The maximum atomic E-state index is 12.2. The molecular formula is C18H21N3O3. The van der Waals surface area contributed by atoms with E-state index >= 15 is 0 Å². The van der Waals surface area contributed by atoms with Gasteiger partial charge in [0.25, 0.3) is 0 Å². The Balaban J connectivity index is 2.14. The molecule has 0 saturated carbocycles. The molecule has 2 rings (SSSR count). The molecule has 0 aliphatic carbocycles. The number of urea groups is 1. The first-order valence-corrected chi connectivity index (χ1v) is 7.61. The lowest BCUT2D eigenvalue weighted by atomic mass is 9.98. The Bertz CT molecular complexity index is 672. The standard InChI is InChI=1S/C18H21N3O3/c1-24-15-9-7-14(8-10-15)17(13-5-3-2-4-6-13)21-16(22)11-12-20-18(19)23/h2-10,17H,11-12H2,1H3,(H,21,22)(H3,19,20,23)/t17-/m1/s1. The lowest BCUT2D eigenvalue weighted by molar-refractivity contribution is -0.121. The van der Waals surface area contributed by atoms with E-state index in [0.717, 1.165) is 16.9 Å². The Kier molecular flexibility index (Phi) is 6.19. The van der Waals surface area contributed by atoms with Crippen LogP contribution in [-0.4, -0.2) is 25.6 Å². The molecule has 126 valence electrons. The highest BCUT2D eigenvalue weighted by atomic mass is 16.5. The number of nitrogens with one attached hydrogen (secondary N) is 2. The predicted octanol–water partition coefficient (Wildman–Crippen LogP) is 1.96. The molecule has 0 fully saturated rings. The van der Waals surface area contributed by atoms with E-state index in [0.29, 0.717) is 0 Å². The lowest BCUT2D eigenvalue weighted by Crippen LogP contribution is -2.35. The van der Waals surface area contributed by atoms with Crippen molar-refractivity contribution in [3.8, 4) is 5.75 Å². The largest absolute Gasteiger partial charge is 0.497 e. The Labute approximate surface area is 141 Å². The number of carbonyl (C=O) groups is 2. The van der Waals surface area contributed by atoms with Gasteiger partial charge >= 0.3 is 6.03 Å². The molecule has 0 aliphatic rings. The van der Waals surface area contributed by atoms with Crippen LogP contribution in [0.2, 0.25) is 0 Å². The topological polar surface area (TPSA) is 93.4 Å². The number of ether oxygens (including phenoxy) is 1. The summed E-state index contributed by atoms with van der Waals surface area (Å²) in [5.41, 5.74) is 6.91. The minimum Gasteiger partial charge on any atom is -0.497 e. The molecule has 2 aromatic carbocycles. The third-order valence-electron chi connectivity index (χ3n) is 3.54. The summed E-state index contributed by atoms with van der Waals surface area (Å²) in [7, 11) is 1.61. The predicted molar refractivity (Wildman–Crippen MR) is 91.6 cm³/mol. The smallest absolute Gasteiger partial charge is 0.312 e. The van der Waals surface area contributed by atoms with E-state index in [1.54, 1.807) is 7.11 Å². The molecule has 0 aromatic heterocycles. The second kappa shape index (κ2) is 8.57. The molecule has 6 heteroatoms. The lowest BCUT2D eigenvalue weighted by Gasteiger charge is -2.20. The number of nitrogens with two attached hydrogens (primary N) is 1. The number of hydrogen-bond donors (Lipinski definition) is 3. The Morgan fingerprint density at radius 3 is 2.25 bits per heavy atom. The van der Waals surface area contributed by atoms with Gasteiger partial charge in [-0.25, -0.2) is 4.79 Å². The summed E-state index contributed by atoms with van der Waals surface area (Å²) >= 11 is 0. The van der Waals surface area contributed by atoms with Gasteiger partial charge in [0.1, 0.15) is 5.75 Å². The summed E-state index contributed by atoms with van der Waals surface area (Å²) in [6, 6.07) is 16.3. The van der Waals surface area contributed by atoms with E-state index in [9.17, 15) is 9.59 Å². The van der Waals surface area contributed by atoms with Crippen molar-refractivity contribution in [3.63, 3.8) is 0 Å². The number of hydrogen-bond acceptors (Lipinski definition) is 3. The van der Waals surface area contributed by atoms with Crippen LogP contribution in [-0.2, 0) is 4.79 Å². The summed E-state index contributed by atoms with van der Waals surface area (Å²) in [5.74, 6) is 0.580. The van der Waals surface area contributed by atoms with Crippen molar-refractivity contribution in [2.45, 2.75) is 12.5 Å². The third-order valence-corrected chi connectivity index (χ3v) is 3.54. The first-order chi connectivity index (χ1) is 11.6. The van der Waals surface area contributed by atoms with Crippen molar-refractivity contribution in [2.75, 3.05) is 13.7 Å². The van der Waals surface area contributed by atoms with Crippen LogP contribution in [0.25, 0.3) is 0 Å². The van der Waals surface area contributed by atoms with E-state index in [4.69, 9.17) is 10.5 Å². The molecule has 0 radical (unpaired) electrons. The average Bonchev–Trinajstić information content (AvgIpc) is 2.60. The number of methoxy groups -OCH3 is 1. The van der Waals surface area contributed by atoms with Crippen LogP contribution in [0.15, 0.2) is 54.6 Å². The molecule has 0 heterocycles. The second-order valence-corrected chi connectivity index (χ2v) is 5.23. The van der Waals surface area contributed by atoms with Crippen LogP contribution in [0, 0.1) is 0 Å². The molecular weight excluding hydrogens is 306 g/mol. The van der Waals surface area contributed by atoms with Gasteiger partial charge in [0.05, 0.1) is 13.2 Å². The van der Waals surface area contributed by atoms with Gasteiger partial charge in [0, 0.05) is 13.0 Å². The van der Waals surface area contributed by atoms with Crippen LogP contribution >= 0.6 is 0 Å². The van der Waals surface area contributed by atoms with Crippen molar-refractivity contribution in [1.82, 2.24) is 10.6 Å². The number of primary amides is 1. The normalized spacial score (nSPS) is 11.4.